The molecule has 10 heteroatoms. The van der Waals surface area contributed by atoms with Gasteiger partial charge in [0.25, 0.3) is 11.8 Å². The molecule has 0 saturated heterocycles. The number of benzene rings is 1. The zero-order valence-electron chi connectivity index (χ0n) is 23.8. The minimum absolute atomic E-state index is 0.0998. The summed E-state index contributed by atoms with van der Waals surface area (Å²) in [6.45, 7) is 10.6. The Balaban J connectivity index is 1.91. The van der Waals surface area contributed by atoms with Crippen LogP contribution in [0.1, 0.15) is 66.7 Å². The minimum Gasteiger partial charge on any atom is -0.449 e. The third kappa shape index (κ3) is 7.01. The molecule has 10 nitrogen and oxygen atoms in total. The van der Waals surface area contributed by atoms with Gasteiger partial charge >= 0.3 is 0 Å². The molecule has 0 aliphatic rings. The first-order valence-corrected chi connectivity index (χ1v) is 12.7. The molecule has 0 radical (unpaired) electrons. The number of hydrogen-bond acceptors (Lipinski definition) is 6. The van der Waals surface area contributed by atoms with E-state index in [1.165, 1.54) is 28.1 Å². The molecule has 0 aliphatic carbocycles. The summed E-state index contributed by atoms with van der Waals surface area (Å²) in [6.07, 6.45) is 1.41. The molecule has 0 unspecified atom stereocenters. The lowest BCUT2D eigenvalue weighted by Gasteiger charge is -2.36. The smallest absolute Gasteiger partial charge is 0.291 e. The van der Waals surface area contributed by atoms with Gasteiger partial charge in [-0.15, -0.1) is 0 Å². The van der Waals surface area contributed by atoms with Crippen molar-refractivity contribution in [2.24, 2.45) is 0 Å². The average Bonchev–Trinajstić information content (AvgIpc) is 3.28. The maximum atomic E-state index is 13.7. The van der Waals surface area contributed by atoms with Crippen LogP contribution in [0.2, 0.25) is 0 Å². The van der Waals surface area contributed by atoms with Crippen molar-refractivity contribution in [2.75, 3.05) is 20.6 Å². The van der Waals surface area contributed by atoms with Gasteiger partial charge in [0.05, 0.1) is 5.56 Å². The van der Waals surface area contributed by atoms with Crippen LogP contribution in [0, 0.1) is 6.92 Å². The van der Waals surface area contributed by atoms with E-state index in [2.05, 4.69) is 15.6 Å². The van der Waals surface area contributed by atoms with Crippen molar-refractivity contribution in [3.05, 3.63) is 65.0 Å². The quantitative estimate of drug-likeness (QED) is 0.456. The number of fused-ring (bicyclic) bond motifs is 1. The molecule has 1 aromatic carbocycles. The van der Waals surface area contributed by atoms with Crippen molar-refractivity contribution in [3.8, 4) is 0 Å². The predicted molar refractivity (Wildman–Crippen MR) is 148 cm³/mol. The van der Waals surface area contributed by atoms with Gasteiger partial charge < -0.3 is 24.9 Å². The normalized spacial score (nSPS) is 11.7. The number of aromatic nitrogens is 1. The number of carbonyl (C=O) groups excluding carboxylic acids is 4. The first-order chi connectivity index (χ1) is 18.1. The Kier molecular flexibility index (Phi) is 8.48. The van der Waals surface area contributed by atoms with Crippen LogP contribution >= 0.6 is 0 Å². The number of nitrogens with one attached hydrogen (secondary N) is 2. The molecule has 2 aromatic heterocycles. The summed E-state index contributed by atoms with van der Waals surface area (Å²) in [6, 6.07) is 10.6. The molecule has 2 heterocycles. The Labute approximate surface area is 228 Å². The Morgan fingerprint density at radius 2 is 1.67 bits per heavy atom. The summed E-state index contributed by atoms with van der Waals surface area (Å²) in [7, 11) is 3.15. The van der Waals surface area contributed by atoms with Crippen LogP contribution in [0.4, 0.5) is 0 Å². The topological polar surface area (TPSA) is 125 Å². The van der Waals surface area contributed by atoms with Crippen LogP contribution in [-0.4, -0.2) is 70.1 Å². The van der Waals surface area contributed by atoms with Crippen molar-refractivity contribution in [1.82, 2.24) is 25.4 Å². The fourth-order valence-electron chi connectivity index (χ4n) is 3.82. The van der Waals surface area contributed by atoms with E-state index in [-0.39, 0.29) is 41.8 Å². The van der Waals surface area contributed by atoms with Crippen molar-refractivity contribution >= 4 is 34.7 Å². The lowest BCUT2D eigenvalue weighted by atomic mass is 10.00. The van der Waals surface area contributed by atoms with E-state index >= 15 is 0 Å². The van der Waals surface area contributed by atoms with Crippen LogP contribution < -0.4 is 10.6 Å². The number of pyridine rings is 1. The average molecular weight is 536 g/mol. The third-order valence-corrected chi connectivity index (χ3v) is 6.30. The highest BCUT2D eigenvalue weighted by Crippen LogP contribution is 2.24. The van der Waals surface area contributed by atoms with Crippen molar-refractivity contribution in [3.63, 3.8) is 0 Å². The second-order valence-electron chi connectivity index (χ2n) is 11.3. The van der Waals surface area contributed by atoms with Gasteiger partial charge in [0.15, 0.2) is 11.3 Å². The summed E-state index contributed by atoms with van der Waals surface area (Å²) in [5.41, 5.74) is 1.00. The van der Waals surface area contributed by atoms with Gasteiger partial charge in [-0.3, -0.25) is 24.2 Å². The highest BCUT2D eigenvalue weighted by Gasteiger charge is 2.40. The Hall–Kier alpha value is -4.21. The maximum Gasteiger partial charge on any atom is 0.291 e. The predicted octanol–water partition coefficient (Wildman–Crippen LogP) is 3.29. The molecule has 3 rings (SSSR count). The molecule has 3 aromatic rings. The fraction of sp³-hybridized carbons (Fsp3) is 0.414. The Morgan fingerprint density at radius 1 is 1.00 bits per heavy atom. The molecule has 2 N–H and O–H groups in total. The molecule has 4 amide bonds. The van der Waals surface area contributed by atoms with E-state index in [4.69, 9.17) is 4.42 Å². The summed E-state index contributed by atoms with van der Waals surface area (Å²) in [5, 5.41) is 5.75. The van der Waals surface area contributed by atoms with E-state index in [1.54, 1.807) is 27.9 Å². The third-order valence-electron chi connectivity index (χ3n) is 6.30. The molecule has 0 spiro atoms. The lowest BCUT2D eigenvalue weighted by Crippen LogP contribution is -2.59. The molecule has 0 fully saturated rings. The van der Waals surface area contributed by atoms with E-state index in [0.29, 0.717) is 5.52 Å². The van der Waals surface area contributed by atoms with Gasteiger partial charge in [0, 0.05) is 38.4 Å². The zero-order chi connectivity index (χ0) is 29.1. The van der Waals surface area contributed by atoms with Crippen molar-refractivity contribution in [1.29, 1.82) is 0 Å². The minimum atomic E-state index is -1.41. The van der Waals surface area contributed by atoms with Gasteiger partial charge in [-0.1, -0.05) is 24.3 Å². The second-order valence-corrected chi connectivity index (χ2v) is 11.3. The van der Waals surface area contributed by atoms with E-state index in [9.17, 15) is 19.2 Å². The molecule has 208 valence electrons. The monoisotopic (exact) mass is 535 g/mol. The number of hydrogen-bond donors (Lipinski definition) is 2. The molecule has 0 atom stereocenters. The molecular weight excluding hydrogens is 498 g/mol. The largest absolute Gasteiger partial charge is 0.449 e. The van der Waals surface area contributed by atoms with Crippen LogP contribution in [0.5, 0.6) is 0 Å². The van der Waals surface area contributed by atoms with Gasteiger partial charge in [-0.2, -0.15) is 0 Å². The number of carbonyl (C=O) groups is 4. The maximum absolute atomic E-state index is 13.7. The Bertz CT molecular complexity index is 1400. The number of nitrogens with zero attached hydrogens (tertiary/aromatic N) is 3. The van der Waals surface area contributed by atoms with E-state index in [0.717, 1.165) is 11.1 Å². The number of furan rings is 1. The standard InChI is InChI=1S/C29H37N5O5/c1-18-11-9-10-12-19(18)15-31-27(38)29(5,6)34(17-24(35)33(7)8)26(37)23-14-21-22(39-23)13-20(16-30-21)25(36)32-28(2,3)4/h9-14,16H,15,17H2,1-8H3,(H,31,38)(H,32,36). The SMILES string of the molecule is Cc1ccccc1CNC(=O)C(C)(C)N(CC(=O)N(C)C)C(=O)c1cc2ncc(C(=O)NC(C)(C)C)cc2o1. The van der Waals surface area contributed by atoms with Crippen LogP contribution in [0.25, 0.3) is 11.1 Å². The fourth-order valence-corrected chi connectivity index (χ4v) is 3.82. The number of aryl methyl sites for hydroxylation is 1. The summed E-state index contributed by atoms with van der Waals surface area (Å²) in [5.74, 6) is -1.87. The van der Waals surface area contributed by atoms with Gasteiger partial charge in [0.1, 0.15) is 17.6 Å². The molecular formula is C29H37N5O5. The second kappa shape index (κ2) is 11.3. The summed E-state index contributed by atoms with van der Waals surface area (Å²) in [4.78, 5) is 59.2. The van der Waals surface area contributed by atoms with Gasteiger partial charge in [-0.05, 0) is 58.7 Å². The van der Waals surface area contributed by atoms with E-state index < -0.39 is 22.9 Å². The first kappa shape index (κ1) is 29.3. The first-order valence-electron chi connectivity index (χ1n) is 12.7. The number of likely N-dealkylation sites (N-methyl/N-ethyl adjacent to an activating group) is 1. The number of amides is 4. The molecule has 0 saturated carbocycles. The molecule has 39 heavy (non-hydrogen) atoms. The zero-order valence-corrected chi connectivity index (χ0v) is 23.8. The summed E-state index contributed by atoms with van der Waals surface area (Å²) >= 11 is 0. The van der Waals surface area contributed by atoms with Crippen LogP contribution in [0.3, 0.4) is 0 Å². The Morgan fingerprint density at radius 3 is 2.28 bits per heavy atom. The lowest BCUT2D eigenvalue weighted by molar-refractivity contribution is -0.135. The van der Waals surface area contributed by atoms with Gasteiger partial charge in [0.2, 0.25) is 11.8 Å². The number of rotatable bonds is 8. The highest BCUT2D eigenvalue weighted by molar-refractivity contribution is 6.02. The van der Waals surface area contributed by atoms with Crippen LogP contribution in [0.15, 0.2) is 47.0 Å². The van der Waals surface area contributed by atoms with Gasteiger partial charge in [-0.25, -0.2) is 0 Å². The van der Waals surface area contributed by atoms with Crippen molar-refractivity contribution < 1.29 is 23.6 Å². The van der Waals surface area contributed by atoms with Crippen LogP contribution in [-0.2, 0) is 16.1 Å². The summed E-state index contributed by atoms with van der Waals surface area (Å²) < 4.78 is 5.80. The molecule has 0 aliphatic heterocycles. The highest BCUT2D eigenvalue weighted by atomic mass is 16.3. The van der Waals surface area contributed by atoms with E-state index in [1.807, 2.05) is 52.0 Å². The molecule has 0 bridgehead atoms. The van der Waals surface area contributed by atoms with Crippen molar-refractivity contribution in [2.45, 2.75) is 59.2 Å².